The number of benzene rings is 2. The highest BCUT2D eigenvalue weighted by atomic mass is 16.5. The number of nitrogens with zero attached hydrogens (tertiary/aromatic N) is 1. The van der Waals surface area contributed by atoms with Gasteiger partial charge in [-0.15, -0.1) is 0 Å². The van der Waals surface area contributed by atoms with E-state index in [0.29, 0.717) is 24.3 Å². The minimum atomic E-state index is -0.259. The van der Waals surface area contributed by atoms with Crippen molar-refractivity contribution in [3.63, 3.8) is 0 Å². The van der Waals surface area contributed by atoms with Crippen molar-refractivity contribution in [3.8, 4) is 5.75 Å². The van der Waals surface area contributed by atoms with Crippen molar-refractivity contribution in [1.82, 2.24) is 5.32 Å². The molecule has 0 spiro atoms. The van der Waals surface area contributed by atoms with Crippen molar-refractivity contribution in [2.75, 3.05) is 30.4 Å². The SMILES string of the molecule is COc1ccc(CCNC(=O)CN(C(C)=O)c2cccc(NC(C)=O)c2)cc1. The van der Waals surface area contributed by atoms with Crippen LogP contribution in [0.2, 0.25) is 0 Å². The summed E-state index contributed by atoms with van der Waals surface area (Å²) in [4.78, 5) is 36.9. The minimum Gasteiger partial charge on any atom is -0.497 e. The molecule has 2 aromatic rings. The Hall–Kier alpha value is -3.35. The van der Waals surface area contributed by atoms with E-state index in [1.807, 2.05) is 24.3 Å². The van der Waals surface area contributed by atoms with Crippen LogP contribution in [0.5, 0.6) is 5.75 Å². The van der Waals surface area contributed by atoms with Gasteiger partial charge < -0.3 is 20.3 Å². The predicted molar refractivity (Wildman–Crippen MR) is 108 cm³/mol. The van der Waals surface area contributed by atoms with E-state index in [1.54, 1.807) is 31.4 Å². The number of ether oxygens (including phenoxy) is 1. The standard InChI is InChI=1S/C21H25N3O4/c1-15(25)23-18-5-4-6-19(13-18)24(16(2)26)14-21(27)22-12-11-17-7-9-20(28-3)10-8-17/h4-10,13H,11-12,14H2,1-3H3,(H,22,27)(H,23,25). The molecule has 2 aromatic carbocycles. The lowest BCUT2D eigenvalue weighted by Gasteiger charge is -2.21. The molecule has 0 bridgehead atoms. The average Bonchev–Trinajstić information content (AvgIpc) is 2.66. The third kappa shape index (κ3) is 6.42. The largest absolute Gasteiger partial charge is 0.497 e. The maximum absolute atomic E-state index is 12.3. The van der Waals surface area contributed by atoms with Gasteiger partial charge in [-0.3, -0.25) is 14.4 Å². The maximum Gasteiger partial charge on any atom is 0.240 e. The first kappa shape index (κ1) is 21.0. The van der Waals surface area contributed by atoms with Crippen LogP contribution in [0.3, 0.4) is 0 Å². The minimum absolute atomic E-state index is 0.0958. The van der Waals surface area contributed by atoms with E-state index in [4.69, 9.17) is 4.74 Å². The number of amides is 3. The van der Waals surface area contributed by atoms with E-state index in [-0.39, 0.29) is 24.3 Å². The second-order valence-corrected chi connectivity index (χ2v) is 6.28. The molecule has 2 rings (SSSR count). The molecule has 2 N–H and O–H groups in total. The summed E-state index contributed by atoms with van der Waals surface area (Å²) in [6.45, 7) is 3.17. The summed E-state index contributed by atoms with van der Waals surface area (Å²) in [5.41, 5.74) is 2.19. The van der Waals surface area contributed by atoms with Crippen molar-refractivity contribution in [3.05, 3.63) is 54.1 Å². The summed E-state index contributed by atoms with van der Waals surface area (Å²) in [5, 5.41) is 5.49. The van der Waals surface area contributed by atoms with Crippen LogP contribution >= 0.6 is 0 Å². The lowest BCUT2D eigenvalue weighted by Crippen LogP contribution is -2.40. The third-order valence-electron chi connectivity index (χ3n) is 4.05. The molecule has 148 valence electrons. The summed E-state index contributed by atoms with van der Waals surface area (Å²) in [7, 11) is 1.61. The van der Waals surface area contributed by atoms with Gasteiger partial charge in [0.1, 0.15) is 12.3 Å². The topological polar surface area (TPSA) is 87.7 Å². The van der Waals surface area contributed by atoms with E-state index < -0.39 is 0 Å². The van der Waals surface area contributed by atoms with E-state index in [2.05, 4.69) is 10.6 Å². The molecule has 0 unspecified atom stereocenters. The van der Waals surface area contributed by atoms with Crippen LogP contribution < -0.4 is 20.3 Å². The summed E-state index contributed by atoms with van der Waals surface area (Å²) in [6, 6.07) is 14.5. The summed E-state index contributed by atoms with van der Waals surface area (Å²) in [6.07, 6.45) is 0.674. The first-order valence-corrected chi connectivity index (χ1v) is 8.94. The van der Waals surface area contributed by atoms with Crippen molar-refractivity contribution >= 4 is 29.1 Å². The number of carbonyl (C=O) groups is 3. The molecule has 28 heavy (non-hydrogen) atoms. The van der Waals surface area contributed by atoms with E-state index in [1.165, 1.54) is 18.7 Å². The van der Waals surface area contributed by atoms with Crippen molar-refractivity contribution in [1.29, 1.82) is 0 Å². The second kappa shape index (κ2) is 10.1. The molecule has 0 saturated carbocycles. The molecule has 0 aliphatic rings. The zero-order valence-corrected chi connectivity index (χ0v) is 16.3. The molecule has 0 heterocycles. The lowest BCUT2D eigenvalue weighted by molar-refractivity contribution is -0.123. The molecular formula is C21H25N3O4. The average molecular weight is 383 g/mol. The van der Waals surface area contributed by atoms with Gasteiger partial charge in [0.25, 0.3) is 0 Å². The predicted octanol–water partition coefficient (Wildman–Crippen LogP) is 2.37. The molecule has 0 fully saturated rings. The number of hydrogen-bond acceptors (Lipinski definition) is 4. The second-order valence-electron chi connectivity index (χ2n) is 6.28. The van der Waals surface area contributed by atoms with Crippen molar-refractivity contribution in [2.45, 2.75) is 20.3 Å². The van der Waals surface area contributed by atoms with Crippen LogP contribution in [-0.4, -0.2) is 37.9 Å². The number of rotatable bonds is 8. The zero-order valence-electron chi connectivity index (χ0n) is 16.3. The van der Waals surface area contributed by atoms with Gasteiger partial charge in [0.15, 0.2) is 0 Å². The van der Waals surface area contributed by atoms with Gasteiger partial charge in [0, 0.05) is 31.8 Å². The Labute approximate surface area is 164 Å². The van der Waals surface area contributed by atoms with Crippen LogP contribution in [0.25, 0.3) is 0 Å². The Kier molecular flexibility index (Phi) is 7.56. The first-order valence-electron chi connectivity index (χ1n) is 8.94. The maximum atomic E-state index is 12.3. The normalized spacial score (nSPS) is 10.1. The van der Waals surface area contributed by atoms with Crippen molar-refractivity contribution in [2.24, 2.45) is 0 Å². The van der Waals surface area contributed by atoms with Crippen molar-refractivity contribution < 1.29 is 19.1 Å². The smallest absolute Gasteiger partial charge is 0.240 e. The number of methoxy groups -OCH3 is 1. The Morgan fingerprint density at radius 3 is 2.36 bits per heavy atom. The Morgan fingerprint density at radius 1 is 1.04 bits per heavy atom. The van der Waals surface area contributed by atoms with Crippen LogP contribution in [0.4, 0.5) is 11.4 Å². The molecule has 0 saturated heterocycles. The Morgan fingerprint density at radius 2 is 1.75 bits per heavy atom. The fourth-order valence-corrected chi connectivity index (χ4v) is 2.68. The molecular weight excluding hydrogens is 358 g/mol. The highest BCUT2D eigenvalue weighted by Crippen LogP contribution is 2.19. The Bertz CT molecular complexity index is 834. The van der Waals surface area contributed by atoms with Crippen LogP contribution in [0, 0.1) is 0 Å². The fraction of sp³-hybridized carbons (Fsp3) is 0.286. The summed E-state index contributed by atoms with van der Waals surface area (Å²) in [5.74, 6) is 0.0631. The van der Waals surface area contributed by atoms with E-state index in [9.17, 15) is 14.4 Å². The molecule has 0 atom stereocenters. The Balaban J connectivity index is 1.93. The van der Waals surface area contributed by atoms with Crippen LogP contribution in [-0.2, 0) is 20.8 Å². The van der Waals surface area contributed by atoms with Gasteiger partial charge in [-0.2, -0.15) is 0 Å². The first-order chi connectivity index (χ1) is 13.4. The number of nitrogens with one attached hydrogen (secondary N) is 2. The third-order valence-corrected chi connectivity index (χ3v) is 4.05. The molecule has 0 aromatic heterocycles. The van der Waals surface area contributed by atoms with Gasteiger partial charge in [0.2, 0.25) is 17.7 Å². The molecule has 0 aliphatic carbocycles. The lowest BCUT2D eigenvalue weighted by atomic mass is 10.1. The number of hydrogen-bond donors (Lipinski definition) is 2. The number of anilines is 2. The van der Waals surface area contributed by atoms with Gasteiger partial charge in [-0.1, -0.05) is 18.2 Å². The molecule has 7 heteroatoms. The van der Waals surface area contributed by atoms with E-state index in [0.717, 1.165) is 11.3 Å². The monoisotopic (exact) mass is 383 g/mol. The van der Waals surface area contributed by atoms with E-state index >= 15 is 0 Å². The summed E-state index contributed by atoms with van der Waals surface area (Å²) < 4.78 is 5.12. The van der Waals surface area contributed by atoms with Gasteiger partial charge in [0.05, 0.1) is 7.11 Å². The number of carbonyl (C=O) groups excluding carboxylic acids is 3. The molecule has 0 aliphatic heterocycles. The molecule has 3 amide bonds. The molecule has 7 nitrogen and oxygen atoms in total. The van der Waals surface area contributed by atoms with Gasteiger partial charge in [-0.25, -0.2) is 0 Å². The van der Waals surface area contributed by atoms with Crippen LogP contribution in [0.1, 0.15) is 19.4 Å². The molecule has 0 radical (unpaired) electrons. The van der Waals surface area contributed by atoms with Gasteiger partial charge >= 0.3 is 0 Å². The van der Waals surface area contributed by atoms with Gasteiger partial charge in [-0.05, 0) is 42.3 Å². The summed E-state index contributed by atoms with van der Waals surface area (Å²) >= 11 is 0. The van der Waals surface area contributed by atoms with Crippen LogP contribution in [0.15, 0.2) is 48.5 Å². The quantitative estimate of drug-likeness (QED) is 0.733. The highest BCUT2D eigenvalue weighted by molar-refractivity contribution is 5.98. The highest BCUT2D eigenvalue weighted by Gasteiger charge is 2.16. The zero-order chi connectivity index (χ0) is 20.5. The fourth-order valence-electron chi connectivity index (χ4n) is 2.68.